The first-order chi connectivity index (χ1) is 8.15. The summed E-state index contributed by atoms with van der Waals surface area (Å²) in [5.74, 6) is 1.53. The van der Waals surface area contributed by atoms with Crippen LogP contribution in [0.3, 0.4) is 0 Å². The molecule has 0 saturated heterocycles. The largest absolute Gasteiger partial charge is 0.497 e. The van der Waals surface area contributed by atoms with E-state index in [4.69, 9.17) is 21.7 Å². The standard InChI is InChI=1S/C12H14N2O2S/c1-7-4-8(15-2)5-10(16-3)11(7)9-6-13-12(17)14-9/h4-6H,1-3H3,(H2,13,14,17). The molecule has 0 saturated carbocycles. The van der Waals surface area contributed by atoms with Crippen LogP contribution < -0.4 is 9.47 Å². The van der Waals surface area contributed by atoms with Gasteiger partial charge in [0.2, 0.25) is 0 Å². The van der Waals surface area contributed by atoms with Crippen molar-refractivity contribution < 1.29 is 9.47 Å². The number of H-pyrrole nitrogens is 2. The Morgan fingerprint density at radius 1 is 1.18 bits per heavy atom. The minimum Gasteiger partial charge on any atom is -0.497 e. The van der Waals surface area contributed by atoms with E-state index < -0.39 is 0 Å². The topological polar surface area (TPSA) is 50.0 Å². The van der Waals surface area contributed by atoms with E-state index in [-0.39, 0.29) is 0 Å². The lowest BCUT2D eigenvalue weighted by atomic mass is 10.0. The van der Waals surface area contributed by atoms with Gasteiger partial charge in [-0.25, -0.2) is 0 Å². The van der Waals surface area contributed by atoms with Gasteiger partial charge in [0.05, 0.1) is 19.9 Å². The van der Waals surface area contributed by atoms with Crippen LogP contribution in [-0.2, 0) is 0 Å². The second-order valence-electron chi connectivity index (χ2n) is 3.68. The molecule has 0 amide bonds. The Labute approximate surface area is 105 Å². The van der Waals surface area contributed by atoms with Gasteiger partial charge in [0.1, 0.15) is 11.5 Å². The maximum atomic E-state index is 5.38. The van der Waals surface area contributed by atoms with Gasteiger partial charge in [-0.05, 0) is 30.8 Å². The molecule has 90 valence electrons. The van der Waals surface area contributed by atoms with Gasteiger partial charge >= 0.3 is 0 Å². The molecule has 0 aliphatic heterocycles. The predicted octanol–water partition coefficient (Wildman–Crippen LogP) is 3.06. The summed E-state index contributed by atoms with van der Waals surface area (Å²) in [5.41, 5.74) is 2.96. The second-order valence-corrected chi connectivity index (χ2v) is 4.09. The van der Waals surface area contributed by atoms with Crippen LogP contribution in [0.25, 0.3) is 11.3 Å². The van der Waals surface area contributed by atoms with Crippen LogP contribution in [0.1, 0.15) is 5.56 Å². The van der Waals surface area contributed by atoms with Crippen molar-refractivity contribution in [3.05, 3.63) is 28.7 Å². The van der Waals surface area contributed by atoms with Gasteiger partial charge in [-0.15, -0.1) is 0 Å². The van der Waals surface area contributed by atoms with Crippen LogP contribution in [0.4, 0.5) is 0 Å². The molecule has 0 atom stereocenters. The fraction of sp³-hybridized carbons (Fsp3) is 0.250. The number of ether oxygens (including phenoxy) is 2. The van der Waals surface area contributed by atoms with Crippen molar-refractivity contribution in [3.8, 4) is 22.8 Å². The van der Waals surface area contributed by atoms with Crippen molar-refractivity contribution in [2.45, 2.75) is 6.92 Å². The molecule has 0 unspecified atom stereocenters. The third-order valence-electron chi connectivity index (χ3n) is 2.59. The van der Waals surface area contributed by atoms with Gasteiger partial charge in [-0.1, -0.05) is 0 Å². The number of nitrogens with one attached hydrogen (secondary N) is 2. The maximum Gasteiger partial charge on any atom is 0.174 e. The minimum atomic E-state index is 0.595. The van der Waals surface area contributed by atoms with E-state index >= 15 is 0 Å². The summed E-state index contributed by atoms with van der Waals surface area (Å²) in [6.45, 7) is 2.00. The van der Waals surface area contributed by atoms with Gasteiger partial charge in [-0.3, -0.25) is 0 Å². The first kappa shape index (κ1) is 11.7. The molecule has 1 aromatic heterocycles. The van der Waals surface area contributed by atoms with Crippen LogP contribution >= 0.6 is 12.2 Å². The molecule has 17 heavy (non-hydrogen) atoms. The molecule has 2 N–H and O–H groups in total. The molecule has 0 spiro atoms. The molecule has 0 aliphatic carbocycles. The molecule has 0 bridgehead atoms. The summed E-state index contributed by atoms with van der Waals surface area (Å²) in [6, 6.07) is 3.81. The zero-order chi connectivity index (χ0) is 12.4. The summed E-state index contributed by atoms with van der Waals surface area (Å²) in [6.07, 6.45) is 1.83. The number of hydrogen-bond acceptors (Lipinski definition) is 3. The fourth-order valence-electron chi connectivity index (χ4n) is 1.81. The lowest BCUT2D eigenvalue weighted by Crippen LogP contribution is -1.93. The molecule has 2 aromatic rings. The number of imidazole rings is 1. The number of aryl methyl sites for hydroxylation is 1. The third-order valence-corrected chi connectivity index (χ3v) is 2.81. The number of hydrogen-bond donors (Lipinski definition) is 2. The highest BCUT2D eigenvalue weighted by molar-refractivity contribution is 7.71. The van der Waals surface area contributed by atoms with Crippen LogP contribution in [0.5, 0.6) is 11.5 Å². The quantitative estimate of drug-likeness (QED) is 0.823. The van der Waals surface area contributed by atoms with Crippen LogP contribution in [-0.4, -0.2) is 24.2 Å². The van der Waals surface area contributed by atoms with Crippen molar-refractivity contribution >= 4 is 12.2 Å². The fourth-order valence-corrected chi connectivity index (χ4v) is 1.98. The van der Waals surface area contributed by atoms with E-state index in [9.17, 15) is 0 Å². The van der Waals surface area contributed by atoms with Crippen LogP contribution in [0.15, 0.2) is 18.3 Å². The number of rotatable bonds is 3. The van der Waals surface area contributed by atoms with Crippen LogP contribution in [0, 0.1) is 11.7 Å². The maximum absolute atomic E-state index is 5.38. The molecular formula is C12H14N2O2S. The molecule has 4 nitrogen and oxygen atoms in total. The number of aromatic amines is 2. The lowest BCUT2D eigenvalue weighted by Gasteiger charge is -2.12. The minimum absolute atomic E-state index is 0.595. The Kier molecular flexibility index (Phi) is 3.19. The monoisotopic (exact) mass is 250 g/mol. The molecule has 5 heteroatoms. The predicted molar refractivity (Wildman–Crippen MR) is 69.3 cm³/mol. The van der Waals surface area contributed by atoms with Crippen molar-refractivity contribution in [2.24, 2.45) is 0 Å². The van der Waals surface area contributed by atoms with E-state index in [0.717, 1.165) is 28.3 Å². The highest BCUT2D eigenvalue weighted by Gasteiger charge is 2.12. The van der Waals surface area contributed by atoms with E-state index in [0.29, 0.717) is 4.77 Å². The third kappa shape index (κ3) is 2.19. The second kappa shape index (κ2) is 4.63. The first-order valence-corrected chi connectivity index (χ1v) is 5.57. The summed E-state index contributed by atoms with van der Waals surface area (Å²) >= 11 is 5.03. The smallest absolute Gasteiger partial charge is 0.174 e. The summed E-state index contributed by atoms with van der Waals surface area (Å²) in [7, 11) is 3.27. The van der Waals surface area contributed by atoms with Crippen LogP contribution in [0.2, 0.25) is 0 Å². The zero-order valence-corrected chi connectivity index (χ0v) is 10.8. The zero-order valence-electron chi connectivity index (χ0n) is 9.96. The summed E-state index contributed by atoms with van der Waals surface area (Å²) in [5, 5.41) is 0. The Hall–Kier alpha value is -1.75. The average Bonchev–Trinajstić information content (AvgIpc) is 2.74. The molecule has 0 aliphatic rings. The average molecular weight is 250 g/mol. The van der Waals surface area contributed by atoms with E-state index in [1.807, 2.05) is 25.3 Å². The Morgan fingerprint density at radius 2 is 1.94 bits per heavy atom. The molecule has 2 rings (SSSR count). The normalized spacial score (nSPS) is 10.3. The van der Waals surface area contributed by atoms with Crippen molar-refractivity contribution in [2.75, 3.05) is 14.2 Å². The van der Waals surface area contributed by atoms with E-state index in [2.05, 4.69) is 9.97 Å². The lowest BCUT2D eigenvalue weighted by molar-refractivity contribution is 0.395. The Morgan fingerprint density at radius 3 is 2.47 bits per heavy atom. The Bertz CT molecular complexity index is 586. The van der Waals surface area contributed by atoms with Gasteiger partial charge < -0.3 is 19.4 Å². The molecule has 0 fully saturated rings. The summed E-state index contributed by atoms with van der Waals surface area (Å²) in [4.78, 5) is 6.03. The SMILES string of the molecule is COc1cc(C)c(-c2c[nH]c(=S)[nH]2)c(OC)c1. The van der Waals surface area contributed by atoms with Gasteiger partial charge in [-0.2, -0.15) is 0 Å². The first-order valence-electron chi connectivity index (χ1n) is 5.16. The summed E-state index contributed by atoms with van der Waals surface area (Å²) < 4.78 is 11.2. The molecule has 1 heterocycles. The van der Waals surface area contributed by atoms with Gasteiger partial charge in [0, 0.05) is 17.8 Å². The molecular weight excluding hydrogens is 236 g/mol. The van der Waals surface area contributed by atoms with E-state index in [1.165, 1.54) is 0 Å². The number of aromatic nitrogens is 2. The number of benzene rings is 1. The highest BCUT2D eigenvalue weighted by Crippen LogP contribution is 2.35. The highest BCUT2D eigenvalue weighted by atomic mass is 32.1. The van der Waals surface area contributed by atoms with Gasteiger partial charge in [0.15, 0.2) is 4.77 Å². The Balaban J connectivity index is 2.64. The van der Waals surface area contributed by atoms with Crippen molar-refractivity contribution in [1.82, 2.24) is 9.97 Å². The molecule has 0 radical (unpaired) electrons. The van der Waals surface area contributed by atoms with Crippen molar-refractivity contribution in [3.63, 3.8) is 0 Å². The van der Waals surface area contributed by atoms with Gasteiger partial charge in [0.25, 0.3) is 0 Å². The number of methoxy groups -OCH3 is 2. The van der Waals surface area contributed by atoms with Crippen molar-refractivity contribution in [1.29, 1.82) is 0 Å². The molecule has 1 aromatic carbocycles. The van der Waals surface area contributed by atoms with E-state index in [1.54, 1.807) is 14.2 Å².